The standard InChI is InChI=1S/C21H26N2O3/c1-4-15-8-11-19(14(2)12-15)26-13-17-6-5-7-18(16-9-10-16)20(17)23(25)21(24)22-3/h5-8,11-12,16,25H,4,9-10,13H2,1-3H3,(H,22,24). The van der Waals surface area contributed by atoms with Crippen molar-refractivity contribution in [3.8, 4) is 5.75 Å². The normalized spacial score (nSPS) is 13.4. The lowest BCUT2D eigenvalue weighted by atomic mass is 10.0. The van der Waals surface area contributed by atoms with Gasteiger partial charge >= 0.3 is 6.03 Å². The highest BCUT2D eigenvalue weighted by atomic mass is 16.5. The van der Waals surface area contributed by atoms with Crippen molar-refractivity contribution in [1.29, 1.82) is 0 Å². The summed E-state index contributed by atoms with van der Waals surface area (Å²) < 4.78 is 6.01. The second-order valence-corrected chi connectivity index (χ2v) is 6.74. The van der Waals surface area contributed by atoms with Crippen molar-refractivity contribution in [2.24, 2.45) is 0 Å². The smallest absolute Gasteiger partial charge is 0.345 e. The Morgan fingerprint density at radius 2 is 2.08 bits per heavy atom. The Kier molecular flexibility index (Phi) is 5.47. The highest BCUT2D eigenvalue weighted by molar-refractivity contribution is 5.91. The largest absolute Gasteiger partial charge is 0.489 e. The number of hydrogen-bond donors (Lipinski definition) is 2. The lowest BCUT2D eigenvalue weighted by molar-refractivity contribution is 0.205. The Morgan fingerprint density at radius 1 is 1.31 bits per heavy atom. The lowest BCUT2D eigenvalue weighted by Gasteiger charge is -2.22. The molecule has 5 heteroatoms. The van der Waals surface area contributed by atoms with E-state index in [0.717, 1.165) is 41.7 Å². The number of benzene rings is 2. The monoisotopic (exact) mass is 354 g/mol. The third kappa shape index (κ3) is 3.83. The van der Waals surface area contributed by atoms with E-state index in [1.54, 1.807) is 0 Å². The van der Waals surface area contributed by atoms with Gasteiger partial charge in [-0.1, -0.05) is 37.3 Å². The van der Waals surface area contributed by atoms with E-state index in [4.69, 9.17) is 4.74 Å². The second-order valence-electron chi connectivity index (χ2n) is 6.74. The number of rotatable bonds is 6. The van der Waals surface area contributed by atoms with Gasteiger partial charge in [0, 0.05) is 12.6 Å². The molecular formula is C21H26N2O3. The molecule has 0 heterocycles. The van der Waals surface area contributed by atoms with Crippen LogP contribution in [0.2, 0.25) is 0 Å². The van der Waals surface area contributed by atoms with E-state index in [9.17, 15) is 10.0 Å². The predicted molar refractivity (Wildman–Crippen MR) is 102 cm³/mol. The highest BCUT2D eigenvalue weighted by Gasteiger charge is 2.30. The van der Waals surface area contributed by atoms with Crippen LogP contribution in [0, 0.1) is 6.92 Å². The molecule has 3 rings (SSSR count). The molecule has 2 N–H and O–H groups in total. The zero-order chi connectivity index (χ0) is 18.7. The number of carbonyl (C=O) groups excluding carboxylic acids is 1. The lowest BCUT2D eigenvalue weighted by Crippen LogP contribution is -2.36. The van der Waals surface area contributed by atoms with Gasteiger partial charge in [-0.3, -0.25) is 5.21 Å². The summed E-state index contributed by atoms with van der Waals surface area (Å²) >= 11 is 0. The number of anilines is 1. The molecule has 1 aliphatic carbocycles. The average molecular weight is 354 g/mol. The first-order valence-corrected chi connectivity index (χ1v) is 9.10. The Bertz CT molecular complexity index is 800. The molecule has 26 heavy (non-hydrogen) atoms. The summed E-state index contributed by atoms with van der Waals surface area (Å²) in [6, 6.07) is 11.4. The molecular weight excluding hydrogens is 328 g/mol. The first-order valence-electron chi connectivity index (χ1n) is 9.10. The molecule has 5 nitrogen and oxygen atoms in total. The molecule has 0 atom stereocenters. The average Bonchev–Trinajstić information content (AvgIpc) is 3.50. The maximum absolute atomic E-state index is 12.0. The van der Waals surface area contributed by atoms with Crippen LogP contribution in [0.25, 0.3) is 0 Å². The minimum Gasteiger partial charge on any atom is -0.489 e. The van der Waals surface area contributed by atoms with Crippen molar-refractivity contribution in [3.05, 3.63) is 58.7 Å². The molecule has 1 aliphatic rings. The number of hydrogen-bond acceptors (Lipinski definition) is 3. The molecule has 0 spiro atoms. The van der Waals surface area contributed by atoms with Crippen LogP contribution < -0.4 is 15.1 Å². The number of carbonyl (C=O) groups is 1. The van der Waals surface area contributed by atoms with Gasteiger partial charge in [0.25, 0.3) is 0 Å². The van der Waals surface area contributed by atoms with Crippen molar-refractivity contribution in [2.45, 2.75) is 45.6 Å². The van der Waals surface area contributed by atoms with Crippen LogP contribution in [0.4, 0.5) is 10.5 Å². The second kappa shape index (κ2) is 7.79. The molecule has 2 aromatic carbocycles. The number of urea groups is 1. The number of para-hydroxylation sites is 1. The summed E-state index contributed by atoms with van der Waals surface area (Å²) in [6.07, 6.45) is 3.15. The summed E-state index contributed by atoms with van der Waals surface area (Å²) in [5, 5.41) is 13.6. The van der Waals surface area contributed by atoms with Crippen molar-refractivity contribution < 1.29 is 14.7 Å². The van der Waals surface area contributed by atoms with Gasteiger partial charge < -0.3 is 10.1 Å². The van der Waals surface area contributed by atoms with Gasteiger partial charge in [-0.15, -0.1) is 0 Å². The van der Waals surface area contributed by atoms with Crippen LogP contribution in [0.15, 0.2) is 36.4 Å². The maximum Gasteiger partial charge on any atom is 0.345 e. The van der Waals surface area contributed by atoms with Crippen LogP contribution >= 0.6 is 0 Å². The molecule has 138 valence electrons. The van der Waals surface area contributed by atoms with Gasteiger partial charge in [0.1, 0.15) is 12.4 Å². The van der Waals surface area contributed by atoms with Crippen molar-refractivity contribution >= 4 is 11.7 Å². The fourth-order valence-corrected chi connectivity index (χ4v) is 3.17. The highest BCUT2D eigenvalue weighted by Crippen LogP contribution is 2.45. The molecule has 2 aromatic rings. The minimum atomic E-state index is -0.553. The van der Waals surface area contributed by atoms with Crippen LogP contribution in [-0.2, 0) is 13.0 Å². The third-order valence-electron chi connectivity index (χ3n) is 4.82. The van der Waals surface area contributed by atoms with Crippen molar-refractivity contribution in [3.63, 3.8) is 0 Å². The van der Waals surface area contributed by atoms with E-state index in [2.05, 4.69) is 24.4 Å². The van der Waals surface area contributed by atoms with E-state index in [1.165, 1.54) is 12.6 Å². The summed E-state index contributed by atoms with van der Waals surface area (Å²) in [4.78, 5) is 12.0. The summed E-state index contributed by atoms with van der Waals surface area (Å²) in [7, 11) is 1.50. The number of ether oxygens (including phenoxy) is 1. The van der Waals surface area contributed by atoms with Crippen molar-refractivity contribution in [1.82, 2.24) is 5.32 Å². The molecule has 1 fully saturated rings. The number of nitrogens with one attached hydrogen (secondary N) is 1. The molecule has 0 aromatic heterocycles. The summed E-state index contributed by atoms with van der Waals surface area (Å²) in [5.74, 6) is 1.21. The molecule has 1 saturated carbocycles. The fraction of sp³-hybridized carbons (Fsp3) is 0.381. The number of aryl methyl sites for hydroxylation is 2. The predicted octanol–water partition coefficient (Wildman–Crippen LogP) is 4.55. The molecule has 2 amide bonds. The van der Waals surface area contributed by atoms with Gasteiger partial charge in [0.15, 0.2) is 0 Å². The van der Waals surface area contributed by atoms with E-state index < -0.39 is 6.03 Å². The van der Waals surface area contributed by atoms with Crippen LogP contribution in [-0.4, -0.2) is 18.3 Å². The topological polar surface area (TPSA) is 61.8 Å². The van der Waals surface area contributed by atoms with Crippen LogP contribution in [0.3, 0.4) is 0 Å². The summed E-state index contributed by atoms with van der Waals surface area (Å²) in [5.41, 5.74) is 4.68. The Hall–Kier alpha value is -2.53. The molecule has 0 aliphatic heterocycles. The van der Waals surface area contributed by atoms with Gasteiger partial charge in [-0.2, -0.15) is 5.06 Å². The Morgan fingerprint density at radius 3 is 2.69 bits per heavy atom. The van der Waals surface area contributed by atoms with Gasteiger partial charge in [-0.05, 0) is 54.9 Å². The third-order valence-corrected chi connectivity index (χ3v) is 4.82. The Balaban J connectivity index is 1.87. The molecule has 0 radical (unpaired) electrons. The number of hydroxylamine groups is 1. The van der Waals surface area contributed by atoms with E-state index in [1.807, 2.05) is 31.2 Å². The molecule has 0 bridgehead atoms. The minimum absolute atomic E-state index is 0.288. The van der Waals surface area contributed by atoms with Crippen molar-refractivity contribution in [2.75, 3.05) is 12.1 Å². The SMILES string of the molecule is CCc1ccc(OCc2cccc(C3CC3)c2N(O)C(=O)NC)c(C)c1. The molecule has 0 unspecified atom stereocenters. The van der Waals surface area contributed by atoms with E-state index in [-0.39, 0.29) is 6.61 Å². The Labute approximate surface area is 154 Å². The van der Waals surface area contributed by atoms with Crippen LogP contribution in [0.1, 0.15) is 47.9 Å². The van der Waals surface area contributed by atoms with E-state index in [0.29, 0.717) is 16.7 Å². The number of amides is 2. The zero-order valence-electron chi connectivity index (χ0n) is 15.6. The summed E-state index contributed by atoms with van der Waals surface area (Å²) in [6.45, 7) is 4.44. The molecule has 0 saturated heterocycles. The van der Waals surface area contributed by atoms with Crippen LogP contribution in [0.5, 0.6) is 5.75 Å². The first-order chi connectivity index (χ1) is 12.5. The van der Waals surface area contributed by atoms with Gasteiger partial charge in [-0.25, -0.2) is 4.79 Å². The maximum atomic E-state index is 12.0. The zero-order valence-corrected chi connectivity index (χ0v) is 15.6. The van der Waals surface area contributed by atoms with Gasteiger partial charge in [0.2, 0.25) is 0 Å². The van der Waals surface area contributed by atoms with Gasteiger partial charge in [0.05, 0.1) is 5.69 Å². The quantitative estimate of drug-likeness (QED) is 0.591. The first kappa shape index (κ1) is 18.3. The van der Waals surface area contributed by atoms with E-state index >= 15 is 0 Å². The fourth-order valence-electron chi connectivity index (χ4n) is 3.17. The number of nitrogens with zero attached hydrogens (tertiary/aromatic N) is 1.